The average Bonchev–Trinajstić information content (AvgIpc) is 2.73. The maximum atomic E-state index is 11.8. The van der Waals surface area contributed by atoms with E-state index in [4.69, 9.17) is 5.73 Å². The van der Waals surface area contributed by atoms with Crippen molar-refractivity contribution in [1.29, 1.82) is 0 Å². The van der Waals surface area contributed by atoms with E-state index >= 15 is 0 Å². The number of nitrogens with two attached hydrogens (primary N) is 1. The molecule has 1 aliphatic carbocycles. The minimum Gasteiger partial charge on any atom is -0.355 e. The Labute approximate surface area is 121 Å². The van der Waals surface area contributed by atoms with Gasteiger partial charge in [0.05, 0.1) is 0 Å². The van der Waals surface area contributed by atoms with E-state index in [0.29, 0.717) is 13.0 Å². The summed E-state index contributed by atoms with van der Waals surface area (Å²) in [5.74, 6) is 0.0760. The quantitative estimate of drug-likeness (QED) is 0.811. The van der Waals surface area contributed by atoms with Crippen molar-refractivity contribution >= 4 is 5.91 Å². The van der Waals surface area contributed by atoms with Gasteiger partial charge in [0.25, 0.3) is 0 Å². The zero-order valence-corrected chi connectivity index (χ0v) is 12.2. The lowest BCUT2D eigenvalue weighted by atomic mass is 9.74. The first-order valence-corrected chi connectivity index (χ1v) is 7.79. The fourth-order valence-electron chi connectivity index (χ4n) is 3.25. The largest absolute Gasteiger partial charge is 0.355 e. The van der Waals surface area contributed by atoms with Crippen LogP contribution in [0.5, 0.6) is 0 Å². The van der Waals surface area contributed by atoms with Crippen molar-refractivity contribution in [2.75, 3.05) is 13.1 Å². The Balaban J connectivity index is 2.13. The molecule has 110 valence electrons. The highest BCUT2D eigenvalue weighted by Crippen LogP contribution is 2.37. The number of carbonyl (C=O) groups is 1. The lowest BCUT2D eigenvalue weighted by Gasteiger charge is -2.34. The molecule has 1 aromatic rings. The van der Waals surface area contributed by atoms with Crippen molar-refractivity contribution in [3.05, 3.63) is 35.9 Å². The van der Waals surface area contributed by atoms with Gasteiger partial charge in [-0.05, 0) is 18.4 Å². The first kappa shape index (κ1) is 15.0. The summed E-state index contributed by atoms with van der Waals surface area (Å²) in [6.45, 7) is 1.17. The second-order valence-electron chi connectivity index (χ2n) is 5.88. The Hall–Kier alpha value is -1.35. The standard InChI is InChI=1S/C17H26N2O/c18-13-10-16(20)19-14-17(11-6-1-2-7-12-17)15-8-4-3-5-9-15/h3-5,8-9H,1-2,6-7,10-14,18H2,(H,19,20). The Morgan fingerprint density at radius 1 is 1.10 bits per heavy atom. The topological polar surface area (TPSA) is 55.1 Å². The predicted molar refractivity (Wildman–Crippen MR) is 82.5 cm³/mol. The highest BCUT2D eigenvalue weighted by atomic mass is 16.1. The highest BCUT2D eigenvalue weighted by molar-refractivity contribution is 5.76. The van der Waals surface area contributed by atoms with Gasteiger partial charge in [-0.25, -0.2) is 0 Å². The lowest BCUT2D eigenvalue weighted by Crippen LogP contribution is -2.41. The van der Waals surface area contributed by atoms with Gasteiger partial charge in [-0.1, -0.05) is 56.0 Å². The van der Waals surface area contributed by atoms with Crippen LogP contribution >= 0.6 is 0 Å². The molecule has 0 aromatic heterocycles. The van der Waals surface area contributed by atoms with Gasteiger partial charge in [0.15, 0.2) is 0 Å². The van der Waals surface area contributed by atoms with E-state index in [-0.39, 0.29) is 11.3 Å². The molecule has 1 fully saturated rings. The molecule has 0 bridgehead atoms. The van der Waals surface area contributed by atoms with Crippen LogP contribution in [0.2, 0.25) is 0 Å². The minimum atomic E-state index is 0.0760. The summed E-state index contributed by atoms with van der Waals surface area (Å²) in [5.41, 5.74) is 6.93. The van der Waals surface area contributed by atoms with Gasteiger partial charge in [0.2, 0.25) is 5.91 Å². The van der Waals surface area contributed by atoms with Crippen LogP contribution < -0.4 is 11.1 Å². The van der Waals surface area contributed by atoms with Crippen LogP contribution in [0.4, 0.5) is 0 Å². The van der Waals surface area contributed by atoms with E-state index in [1.54, 1.807) is 0 Å². The molecular weight excluding hydrogens is 248 g/mol. The lowest BCUT2D eigenvalue weighted by molar-refractivity contribution is -0.121. The van der Waals surface area contributed by atoms with Gasteiger partial charge >= 0.3 is 0 Å². The van der Waals surface area contributed by atoms with Gasteiger partial charge < -0.3 is 11.1 Å². The number of nitrogens with one attached hydrogen (secondary N) is 1. The molecule has 0 aliphatic heterocycles. The Morgan fingerprint density at radius 3 is 2.35 bits per heavy atom. The molecule has 0 saturated heterocycles. The summed E-state index contributed by atoms with van der Waals surface area (Å²) in [6.07, 6.45) is 7.88. The third kappa shape index (κ3) is 3.83. The minimum absolute atomic E-state index is 0.0760. The molecule has 1 aromatic carbocycles. The van der Waals surface area contributed by atoms with Gasteiger partial charge in [-0.2, -0.15) is 0 Å². The SMILES string of the molecule is NCCC(=O)NCC1(c2ccccc2)CCCCCC1. The number of hydrogen-bond donors (Lipinski definition) is 2. The molecule has 0 spiro atoms. The molecule has 0 radical (unpaired) electrons. The first-order chi connectivity index (χ1) is 9.77. The van der Waals surface area contributed by atoms with Crippen molar-refractivity contribution in [3.8, 4) is 0 Å². The smallest absolute Gasteiger partial charge is 0.221 e. The van der Waals surface area contributed by atoms with Crippen molar-refractivity contribution in [1.82, 2.24) is 5.32 Å². The van der Waals surface area contributed by atoms with Gasteiger partial charge in [0.1, 0.15) is 0 Å². The summed E-state index contributed by atoms with van der Waals surface area (Å²) in [7, 11) is 0. The molecule has 1 saturated carbocycles. The fraction of sp³-hybridized carbons (Fsp3) is 0.588. The third-order valence-electron chi connectivity index (χ3n) is 4.44. The highest BCUT2D eigenvalue weighted by Gasteiger charge is 2.32. The van der Waals surface area contributed by atoms with Crippen LogP contribution in [0.1, 0.15) is 50.5 Å². The van der Waals surface area contributed by atoms with Gasteiger partial charge in [-0.15, -0.1) is 0 Å². The van der Waals surface area contributed by atoms with Crippen LogP contribution in [-0.2, 0) is 10.2 Å². The monoisotopic (exact) mass is 274 g/mol. The molecular formula is C17H26N2O. The van der Waals surface area contributed by atoms with Crippen molar-refractivity contribution < 1.29 is 4.79 Å². The molecule has 2 rings (SSSR count). The zero-order chi connectivity index (χ0) is 14.3. The van der Waals surface area contributed by atoms with Crippen LogP contribution in [0.15, 0.2) is 30.3 Å². The Kier molecular flexibility index (Phi) is 5.60. The second-order valence-corrected chi connectivity index (χ2v) is 5.88. The normalized spacial score (nSPS) is 18.2. The van der Waals surface area contributed by atoms with Crippen LogP contribution in [-0.4, -0.2) is 19.0 Å². The van der Waals surface area contributed by atoms with E-state index in [9.17, 15) is 4.79 Å². The van der Waals surface area contributed by atoms with Crippen molar-refractivity contribution in [3.63, 3.8) is 0 Å². The summed E-state index contributed by atoms with van der Waals surface area (Å²) in [5, 5.41) is 3.10. The number of carbonyl (C=O) groups excluding carboxylic acids is 1. The van der Waals surface area contributed by atoms with Crippen LogP contribution in [0.25, 0.3) is 0 Å². The first-order valence-electron chi connectivity index (χ1n) is 7.79. The Bertz CT molecular complexity index is 408. The number of amides is 1. The second kappa shape index (κ2) is 7.44. The van der Waals surface area contributed by atoms with Gasteiger partial charge in [-0.3, -0.25) is 4.79 Å². The summed E-state index contributed by atoms with van der Waals surface area (Å²) >= 11 is 0. The number of rotatable bonds is 5. The fourth-order valence-corrected chi connectivity index (χ4v) is 3.25. The van der Waals surface area contributed by atoms with Crippen LogP contribution in [0, 0.1) is 0 Å². The van der Waals surface area contributed by atoms with E-state index < -0.39 is 0 Å². The number of benzene rings is 1. The average molecular weight is 274 g/mol. The summed E-state index contributed by atoms with van der Waals surface area (Å²) in [4.78, 5) is 11.8. The van der Waals surface area contributed by atoms with Crippen molar-refractivity contribution in [2.24, 2.45) is 5.73 Å². The third-order valence-corrected chi connectivity index (χ3v) is 4.44. The molecule has 20 heavy (non-hydrogen) atoms. The molecule has 3 nitrogen and oxygen atoms in total. The predicted octanol–water partition coefficient (Wildman–Crippen LogP) is 2.74. The van der Waals surface area contributed by atoms with E-state index in [2.05, 4.69) is 35.6 Å². The molecule has 1 aliphatic rings. The molecule has 0 atom stereocenters. The van der Waals surface area contributed by atoms with Crippen LogP contribution in [0.3, 0.4) is 0 Å². The molecule has 3 N–H and O–H groups in total. The summed E-state index contributed by atoms with van der Waals surface area (Å²) < 4.78 is 0. The van der Waals surface area contributed by atoms with Crippen molar-refractivity contribution in [2.45, 2.75) is 50.4 Å². The molecule has 3 heteroatoms. The Morgan fingerprint density at radius 2 is 1.75 bits per heavy atom. The zero-order valence-electron chi connectivity index (χ0n) is 12.2. The summed E-state index contributed by atoms with van der Waals surface area (Å²) in [6, 6.07) is 10.7. The molecule has 1 amide bonds. The maximum Gasteiger partial charge on any atom is 0.221 e. The maximum absolute atomic E-state index is 11.8. The number of hydrogen-bond acceptors (Lipinski definition) is 2. The van der Waals surface area contributed by atoms with Gasteiger partial charge in [0, 0.05) is 24.9 Å². The molecule has 0 unspecified atom stereocenters. The molecule has 0 heterocycles. The van der Waals surface area contributed by atoms with E-state index in [0.717, 1.165) is 6.54 Å². The van der Waals surface area contributed by atoms with E-state index in [1.807, 2.05) is 0 Å². The van der Waals surface area contributed by atoms with E-state index in [1.165, 1.54) is 44.1 Å².